The lowest BCUT2D eigenvalue weighted by molar-refractivity contribution is -0.154. The molecule has 1 amide bonds. The number of carbonyl (C=O) groups excluding carboxylic acids is 1. The van der Waals surface area contributed by atoms with Gasteiger partial charge in [-0.2, -0.15) is 13.2 Å². The second-order valence-electron chi connectivity index (χ2n) is 12.8. The number of carbonyl (C=O) groups is 2. The summed E-state index contributed by atoms with van der Waals surface area (Å²) in [7, 11) is 1.40. The number of halogens is 3. The van der Waals surface area contributed by atoms with Crippen molar-refractivity contribution in [1.29, 1.82) is 0 Å². The van der Waals surface area contributed by atoms with Gasteiger partial charge in [-0.1, -0.05) is 70.4 Å². The zero-order valence-corrected chi connectivity index (χ0v) is 25.2. The highest BCUT2D eigenvalue weighted by molar-refractivity contribution is 5.87. The quantitative estimate of drug-likeness (QED) is 0.405. The van der Waals surface area contributed by atoms with Crippen LogP contribution in [0.4, 0.5) is 13.2 Å². The fourth-order valence-electron chi connectivity index (χ4n) is 6.85. The number of alkyl halides is 3. The lowest BCUT2D eigenvalue weighted by atomic mass is 9.72. The number of carboxylic acids is 1. The summed E-state index contributed by atoms with van der Waals surface area (Å²) in [6.07, 6.45) is 0.306. The van der Waals surface area contributed by atoms with E-state index in [0.29, 0.717) is 12.8 Å². The Morgan fingerprint density at radius 3 is 2.28 bits per heavy atom. The first kappa shape index (κ1) is 32.7. The summed E-state index contributed by atoms with van der Waals surface area (Å²) in [5, 5.41) is 13.9. The molecule has 0 unspecified atom stereocenters. The number of rotatable bonds is 9. The Bertz CT molecular complexity index is 1330. The van der Waals surface area contributed by atoms with Crippen LogP contribution in [0.2, 0.25) is 0 Å². The van der Waals surface area contributed by atoms with Crippen LogP contribution in [-0.4, -0.2) is 52.3 Å². The van der Waals surface area contributed by atoms with Gasteiger partial charge in [-0.15, -0.1) is 0 Å². The van der Waals surface area contributed by atoms with Crippen molar-refractivity contribution in [2.45, 2.75) is 90.3 Å². The lowest BCUT2D eigenvalue weighted by Crippen LogP contribution is -2.49. The number of likely N-dealkylation sites (tertiary alicyclic amines) is 1. The highest BCUT2D eigenvalue weighted by Gasteiger charge is 2.58. The molecule has 0 radical (unpaired) electrons. The highest BCUT2D eigenvalue weighted by atomic mass is 19.4. The minimum absolute atomic E-state index is 0.0530. The maximum Gasteiger partial charge on any atom is 0.417 e. The summed E-state index contributed by atoms with van der Waals surface area (Å²) in [6, 6.07) is 7.44. The minimum atomic E-state index is -4.68. The predicted octanol–water partition coefficient (Wildman–Crippen LogP) is 5.25. The summed E-state index contributed by atoms with van der Waals surface area (Å²) in [4.78, 5) is 42.0. The molecule has 236 valence electrons. The van der Waals surface area contributed by atoms with Gasteiger partial charge >= 0.3 is 12.1 Å². The van der Waals surface area contributed by atoms with Crippen molar-refractivity contribution in [2.24, 2.45) is 17.3 Å². The molecule has 1 aromatic heterocycles. The Kier molecular flexibility index (Phi) is 10.1. The molecule has 8 nitrogen and oxygen atoms in total. The van der Waals surface area contributed by atoms with Crippen LogP contribution in [0.5, 0.6) is 0 Å². The lowest BCUT2D eigenvalue weighted by Gasteiger charge is -2.36. The molecule has 2 heterocycles. The van der Waals surface area contributed by atoms with Gasteiger partial charge in [0.05, 0.1) is 18.2 Å². The van der Waals surface area contributed by atoms with E-state index in [4.69, 9.17) is 4.74 Å². The maximum atomic E-state index is 14.2. The van der Waals surface area contributed by atoms with E-state index < -0.39 is 52.7 Å². The third-order valence-electron chi connectivity index (χ3n) is 8.82. The Hall–Kier alpha value is -3.18. The van der Waals surface area contributed by atoms with Crippen molar-refractivity contribution in [3.63, 3.8) is 0 Å². The molecule has 0 spiro atoms. The van der Waals surface area contributed by atoms with Crippen LogP contribution in [0.3, 0.4) is 0 Å². The Morgan fingerprint density at radius 1 is 1.07 bits per heavy atom. The van der Waals surface area contributed by atoms with Gasteiger partial charge in [0.1, 0.15) is 6.04 Å². The molecule has 2 aromatic rings. The summed E-state index contributed by atoms with van der Waals surface area (Å²) in [6.45, 7) is 5.46. The zero-order chi connectivity index (χ0) is 31.5. The first-order chi connectivity index (χ1) is 20.3. The normalized spacial score (nSPS) is 23.5. The standard InChI is InChI=1S/C32H42F3N3O5/c1-31(2,3)24-25(36-18-22-17-23(32(33,34)35)19-37(28(22)39)15-16-43-4)26(20-11-7-5-8-12-20)38(27(24)30(41)42)29(40)21-13-9-6-10-14-21/h5,7-8,11-12,17,19,21,24-27,36H,6,9-10,13-16,18H2,1-4H3,(H,41,42)/t24-,25-,26-,27-/m0/s1. The van der Waals surface area contributed by atoms with Crippen molar-refractivity contribution in [3.8, 4) is 0 Å². The monoisotopic (exact) mass is 605 g/mol. The molecule has 2 aliphatic rings. The molecule has 1 aliphatic heterocycles. The molecule has 0 bridgehead atoms. The summed E-state index contributed by atoms with van der Waals surface area (Å²) >= 11 is 0. The van der Waals surface area contributed by atoms with Gasteiger partial charge in [-0.25, -0.2) is 4.79 Å². The second-order valence-corrected chi connectivity index (χ2v) is 12.8. The van der Waals surface area contributed by atoms with Gasteiger partial charge in [-0.05, 0) is 29.9 Å². The summed E-state index contributed by atoms with van der Waals surface area (Å²) < 4.78 is 47.5. The smallest absolute Gasteiger partial charge is 0.417 e. The van der Waals surface area contributed by atoms with E-state index >= 15 is 0 Å². The number of hydrogen-bond donors (Lipinski definition) is 2. The molecular weight excluding hydrogens is 563 g/mol. The molecule has 1 saturated carbocycles. The summed E-state index contributed by atoms with van der Waals surface area (Å²) in [5.74, 6) is -2.25. The number of methoxy groups -OCH3 is 1. The van der Waals surface area contributed by atoms with Crippen LogP contribution in [0.15, 0.2) is 47.4 Å². The van der Waals surface area contributed by atoms with Crippen molar-refractivity contribution in [3.05, 3.63) is 69.6 Å². The number of nitrogens with zero attached hydrogens (tertiary/aromatic N) is 2. The predicted molar refractivity (Wildman–Crippen MR) is 155 cm³/mol. The Morgan fingerprint density at radius 2 is 1.72 bits per heavy atom. The van der Waals surface area contributed by atoms with Gasteiger partial charge < -0.3 is 24.6 Å². The number of aliphatic carboxylic acids is 1. The van der Waals surface area contributed by atoms with Crippen LogP contribution in [0, 0.1) is 17.3 Å². The van der Waals surface area contributed by atoms with E-state index in [-0.39, 0.29) is 37.1 Å². The number of pyridine rings is 1. The molecule has 1 aromatic carbocycles. The van der Waals surface area contributed by atoms with Gasteiger partial charge in [0.25, 0.3) is 5.56 Å². The third kappa shape index (κ3) is 7.15. The number of benzene rings is 1. The van der Waals surface area contributed by atoms with E-state index in [9.17, 15) is 32.7 Å². The van der Waals surface area contributed by atoms with Crippen LogP contribution in [0.25, 0.3) is 0 Å². The summed E-state index contributed by atoms with van der Waals surface area (Å²) in [5.41, 5.74) is -1.56. The van der Waals surface area contributed by atoms with E-state index in [0.717, 1.165) is 41.7 Å². The Balaban J connectivity index is 1.82. The first-order valence-electron chi connectivity index (χ1n) is 14.9. The van der Waals surface area contributed by atoms with E-state index in [1.165, 1.54) is 12.0 Å². The van der Waals surface area contributed by atoms with Crippen LogP contribution in [-0.2, 0) is 33.6 Å². The molecule has 1 aliphatic carbocycles. The molecule has 43 heavy (non-hydrogen) atoms. The van der Waals surface area contributed by atoms with Crippen LogP contribution >= 0.6 is 0 Å². The molecule has 11 heteroatoms. The average Bonchev–Trinajstić information content (AvgIpc) is 3.32. The molecular formula is C32H42F3N3O5. The van der Waals surface area contributed by atoms with Gasteiger partial charge in [0, 0.05) is 49.8 Å². The van der Waals surface area contributed by atoms with Crippen LogP contribution in [0.1, 0.15) is 75.6 Å². The maximum absolute atomic E-state index is 14.2. The average molecular weight is 606 g/mol. The van der Waals surface area contributed by atoms with E-state index in [1.807, 2.05) is 51.1 Å². The molecule has 2 N–H and O–H groups in total. The number of aromatic nitrogens is 1. The fourth-order valence-corrected chi connectivity index (χ4v) is 6.85. The third-order valence-corrected chi connectivity index (χ3v) is 8.82. The van der Waals surface area contributed by atoms with Crippen molar-refractivity contribution >= 4 is 11.9 Å². The zero-order valence-electron chi connectivity index (χ0n) is 25.2. The number of nitrogens with one attached hydrogen (secondary N) is 1. The topological polar surface area (TPSA) is 101 Å². The first-order valence-corrected chi connectivity index (χ1v) is 14.9. The van der Waals surface area contributed by atoms with E-state index in [2.05, 4.69) is 5.32 Å². The van der Waals surface area contributed by atoms with Gasteiger partial charge in [-0.3, -0.25) is 9.59 Å². The number of hydrogen-bond acceptors (Lipinski definition) is 5. The molecule has 4 atom stereocenters. The fraction of sp³-hybridized carbons (Fsp3) is 0.594. The van der Waals surface area contributed by atoms with Crippen molar-refractivity contribution < 1.29 is 32.6 Å². The molecule has 1 saturated heterocycles. The number of carboxylic acid groups (broad SMARTS) is 1. The molecule has 2 fully saturated rings. The number of ether oxygens (including phenoxy) is 1. The van der Waals surface area contributed by atoms with Crippen molar-refractivity contribution in [1.82, 2.24) is 14.8 Å². The van der Waals surface area contributed by atoms with Crippen molar-refractivity contribution in [2.75, 3.05) is 13.7 Å². The highest BCUT2D eigenvalue weighted by Crippen LogP contribution is 2.49. The second kappa shape index (κ2) is 13.2. The van der Waals surface area contributed by atoms with E-state index in [1.54, 1.807) is 0 Å². The van der Waals surface area contributed by atoms with Crippen LogP contribution < -0.4 is 10.9 Å². The largest absolute Gasteiger partial charge is 0.480 e. The van der Waals surface area contributed by atoms with Gasteiger partial charge in [0.2, 0.25) is 5.91 Å². The molecule has 4 rings (SSSR count). The van der Waals surface area contributed by atoms with Gasteiger partial charge in [0.15, 0.2) is 0 Å². The number of amides is 1. The Labute approximate surface area is 250 Å². The SMILES string of the molecule is COCCn1cc(C(F)(F)F)cc(CN[C@H]2[C@H](C(C)(C)C)[C@@H](C(=O)O)N(C(=O)C3CCCCC3)[C@H]2c2ccccc2)c1=O. The minimum Gasteiger partial charge on any atom is -0.480 e.